The van der Waals surface area contributed by atoms with Gasteiger partial charge in [0.15, 0.2) is 0 Å². The molecule has 1 spiro atoms. The van der Waals surface area contributed by atoms with Gasteiger partial charge in [0.2, 0.25) is 0 Å². The number of fused-ring (bicyclic) bond motifs is 3. The lowest BCUT2D eigenvalue weighted by Gasteiger charge is -2.31. The van der Waals surface area contributed by atoms with E-state index in [0.29, 0.717) is 6.10 Å². The van der Waals surface area contributed by atoms with Gasteiger partial charge in [-0.3, -0.25) is 4.57 Å². The van der Waals surface area contributed by atoms with Crippen LogP contribution in [-0.4, -0.2) is 34.3 Å². The molecule has 2 atom stereocenters. The highest BCUT2D eigenvalue weighted by atomic mass is 16.5. The van der Waals surface area contributed by atoms with Crippen molar-refractivity contribution in [2.75, 3.05) is 18.1 Å². The molecule has 5 nitrogen and oxygen atoms in total. The number of nitrogens with zero attached hydrogens (tertiary/aromatic N) is 3. The van der Waals surface area contributed by atoms with Gasteiger partial charge in [-0.15, -0.1) is 0 Å². The standard InChI is InChI=1S/C10H11N3O2/c14-9-11-2-1-8-12(9)5-10-3-7(15-6-10)4-13(8)10/h1-2,7H,3-6H2. The topological polar surface area (TPSA) is 47.4 Å². The van der Waals surface area contributed by atoms with Crippen LogP contribution in [0.4, 0.5) is 5.82 Å². The Kier molecular flexibility index (Phi) is 1.18. The second-order valence-corrected chi connectivity index (χ2v) is 4.64. The molecule has 0 amide bonds. The first-order valence-electron chi connectivity index (χ1n) is 5.24. The van der Waals surface area contributed by atoms with E-state index in [-0.39, 0.29) is 11.2 Å². The Balaban J connectivity index is 1.94. The van der Waals surface area contributed by atoms with Gasteiger partial charge in [0.1, 0.15) is 5.82 Å². The van der Waals surface area contributed by atoms with Crippen molar-refractivity contribution in [3.63, 3.8) is 0 Å². The molecule has 0 saturated carbocycles. The molecule has 1 aromatic rings. The van der Waals surface area contributed by atoms with Crippen LogP contribution in [-0.2, 0) is 11.3 Å². The van der Waals surface area contributed by atoms with Crippen LogP contribution in [0, 0.1) is 0 Å². The number of hydrogen-bond donors (Lipinski definition) is 0. The van der Waals surface area contributed by atoms with E-state index in [2.05, 4.69) is 9.88 Å². The quantitative estimate of drug-likeness (QED) is 0.578. The molecule has 2 unspecified atom stereocenters. The Bertz CT molecular complexity index is 498. The van der Waals surface area contributed by atoms with E-state index in [1.807, 2.05) is 6.07 Å². The maximum atomic E-state index is 11.6. The Morgan fingerprint density at radius 1 is 1.60 bits per heavy atom. The molecule has 3 aliphatic heterocycles. The first kappa shape index (κ1) is 7.87. The van der Waals surface area contributed by atoms with Crippen molar-refractivity contribution in [2.45, 2.75) is 24.6 Å². The molecule has 1 aromatic heterocycles. The zero-order valence-electron chi connectivity index (χ0n) is 8.22. The predicted octanol–water partition coefficient (Wildman–Crippen LogP) is -0.395. The third-order valence-corrected chi connectivity index (χ3v) is 3.80. The number of anilines is 1. The lowest BCUT2D eigenvalue weighted by molar-refractivity contribution is 0.0856. The average Bonchev–Trinajstić information content (AvgIpc) is 2.85. The van der Waals surface area contributed by atoms with Gasteiger partial charge in [-0.25, -0.2) is 9.78 Å². The average molecular weight is 205 g/mol. The number of morpholine rings is 1. The molecular weight excluding hydrogens is 194 g/mol. The summed E-state index contributed by atoms with van der Waals surface area (Å²) >= 11 is 0. The van der Waals surface area contributed by atoms with Crippen molar-refractivity contribution in [1.29, 1.82) is 0 Å². The molecule has 0 aromatic carbocycles. The minimum absolute atomic E-state index is 0.0554. The van der Waals surface area contributed by atoms with Gasteiger partial charge in [0, 0.05) is 19.2 Å². The monoisotopic (exact) mass is 205 g/mol. The summed E-state index contributed by atoms with van der Waals surface area (Å²) in [4.78, 5) is 17.7. The molecule has 15 heavy (non-hydrogen) atoms. The second-order valence-electron chi connectivity index (χ2n) is 4.64. The van der Waals surface area contributed by atoms with Crippen LogP contribution in [0.1, 0.15) is 6.42 Å². The molecule has 3 aliphatic rings. The summed E-state index contributed by atoms with van der Waals surface area (Å²) in [6.45, 7) is 2.41. The third-order valence-electron chi connectivity index (χ3n) is 3.80. The zero-order chi connectivity index (χ0) is 10.0. The van der Waals surface area contributed by atoms with Crippen molar-refractivity contribution >= 4 is 5.82 Å². The van der Waals surface area contributed by atoms with Gasteiger partial charge in [-0.1, -0.05) is 0 Å². The molecule has 0 N–H and O–H groups in total. The first-order valence-corrected chi connectivity index (χ1v) is 5.24. The summed E-state index contributed by atoms with van der Waals surface area (Å²) in [5.74, 6) is 1.01. The summed E-state index contributed by atoms with van der Waals surface area (Å²) < 4.78 is 7.42. The third kappa shape index (κ3) is 0.787. The van der Waals surface area contributed by atoms with E-state index in [1.54, 1.807) is 10.8 Å². The van der Waals surface area contributed by atoms with Crippen LogP contribution >= 0.6 is 0 Å². The van der Waals surface area contributed by atoms with Crippen molar-refractivity contribution in [1.82, 2.24) is 9.55 Å². The van der Waals surface area contributed by atoms with Crippen molar-refractivity contribution in [2.24, 2.45) is 0 Å². The molecule has 2 saturated heterocycles. The van der Waals surface area contributed by atoms with Gasteiger partial charge in [0.05, 0.1) is 24.8 Å². The fourth-order valence-corrected chi connectivity index (χ4v) is 3.15. The number of aromatic nitrogens is 2. The highest BCUT2D eigenvalue weighted by molar-refractivity contribution is 5.50. The molecule has 4 rings (SSSR count). The van der Waals surface area contributed by atoms with Crippen molar-refractivity contribution in [3.05, 3.63) is 22.7 Å². The van der Waals surface area contributed by atoms with Gasteiger partial charge in [-0.05, 0) is 6.07 Å². The smallest absolute Gasteiger partial charge is 0.349 e. The van der Waals surface area contributed by atoms with Crippen LogP contribution < -0.4 is 10.6 Å². The fourth-order valence-electron chi connectivity index (χ4n) is 3.15. The lowest BCUT2D eigenvalue weighted by atomic mass is 10.0. The molecule has 2 bridgehead atoms. The minimum atomic E-state index is -0.139. The zero-order valence-corrected chi connectivity index (χ0v) is 8.22. The van der Waals surface area contributed by atoms with E-state index in [4.69, 9.17) is 4.74 Å². The maximum Gasteiger partial charge on any atom is 0.349 e. The molecule has 5 heteroatoms. The Morgan fingerprint density at radius 2 is 2.53 bits per heavy atom. The number of hydrogen-bond acceptors (Lipinski definition) is 4. The van der Waals surface area contributed by atoms with E-state index in [1.165, 1.54) is 0 Å². The van der Waals surface area contributed by atoms with E-state index in [0.717, 1.165) is 31.9 Å². The summed E-state index contributed by atoms with van der Waals surface area (Å²) in [5.41, 5.74) is -0.0837. The van der Waals surface area contributed by atoms with E-state index >= 15 is 0 Å². The summed E-state index contributed by atoms with van der Waals surface area (Å²) in [6, 6.07) is 1.93. The number of rotatable bonds is 0. The highest BCUT2D eigenvalue weighted by Crippen LogP contribution is 2.45. The first-order chi connectivity index (χ1) is 7.28. The fraction of sp³-hybridized carbons (Fsp3) is 0.600. The summed E-state index contributed by atoms with van der Waals surface area (Å²) in [6.07, 6.45) is 3.01. The Hall–Kier alpha value is -1.36. The highest BCUT2D eigenvalue weighted by Gasteiger charge is 2.56. The van der Waals surface area contributed by atoms with E-state index in [9.17, 15) is 4.79 Å². The van der Waals surface area contributed by atoms with Crippen LogP contribution in [0.5, 0.6) is 0 Å². The molecule has 0 aliphatic carbocycles. The molecular formula is C10H11N3O2. The molecule has 4 heterocycles. The van der Waals surface area contributed by atoms with Crippen LogP contribution in [0.3, 0.4) is 0 Å². The van der Waals surface area contributed by atoms with Gasteiger partial charge >= 0.3 is 5.69 Å². The Labute approximate surface area is 86.3 Å². The minimum Gasteiger partial charge on any atom is -0.374 e. The van der Waals surface area contributed by atoms with Crippen LogP contribution in [0.15, 0.2) is 17.1 Å². The van der Waals surface area contributed by atoms with E-state index < -0.39 is 0 Å². The lowest BCUT2D eigenvalue weighted by Crippen LogP contribution is -2.46. The molecule has 0 radical (unpaired) electrons. The van der Waals surface area contributed by atoms with Gasteiger partial charge in [0.25, 0.3) is 0 Å². The largest absolute Gasteiger partial charge is 0.374 e. The maximum absolute atomic E-state index is 11.6. The summed E-state index contributed by atoms with van der Waals surface area (Å²) in [7, 11) is 0. The Morgan fingerprint density at radius 3 is 3.40 bits per heavy atom. The normalized spacial score (nSPS) is 35.7. The van der Waals surface area contributed by atoms with Crippen molar-refractivity contribution in [3.8, 4) is 0 Å². The van der Waals surface area contributed by atoms with Crippen LogP contribution in [0.2, 0.25) is 0 Å². The van der Waals surface area contributed by atoms with Gasteiger partial charge in [-0.2, -0.15) is 0 Å². The molecule has 2 fully saturated rings. The SMILES string of the molecule is O=c1nccc2n1CC13COC(CN21)C3. The van der Waals surface area contributed by atoms with Crippen molar-refractivity contribution < 1.29 is 4.74 Å². The second kappa shape index (κ2) is 2.24. The number of ether oxygens (including phenoxy) is 1. The molecule has 78 valence electrons. The predicted molar refractivity (Wildman–Crippen MR) is 52.9 cm³/mol. The van der Waals surface area contributed by atoms with Gasteiger partial charge < -0.3 is 9.64 Å². The summed E-state index contributed by atoms with van der Waals surface area (Å²) in [5, 5.41) is 0. The van der Waals surface area contributed by atoms with Crippen LogP contribution in [0.25, 0.3) is 0 Å².